The predicted octanol–water partition coefficient (Wildman–Crippen LogP) is -3.83. The van der Waals surface area contributed by atoms with Gasteiger partial charge in [-0.05, 0) is 87.1 Å². The Labute approximate surface area is 460 Å². The molecule has 78 heavy (non-hydrogen) atoms. The summed E-state index contributed by atoms with van der Waals surface area (Å²) in [5.74, 6) is -11.7. The van der Waals surface area contributed by atoms with E-state index in [2.05, 4.69) is 65.1 Å². The van der Waals surface area contributed by atoms with Gasteiger partial charge in [0.2, 0.25) is 53.2 Å². The van der Waals surface area contributed by atoms with Crippen molar-refractivity contribution in [3.8, 4) is 5.75 Å². The molecule has 2 aromatic rings. The Bertz CT molecular complexity index is 2310. The number of thioether (sulfide) groups is 1. The van der Waals surface area contributed by atoms with Crippen LogP contribution < -0.4 is 59.7 Å². The first-order chi connectivity index (χ1) is 36.9. The molecule has 0 radical (unpaired) electrons. The second-order valence-corrected chi connectivity index (χ2v) is 19.9. The molecule has 0 spiro atoms. The molecule has 0 aliphatic heterocycles. The maximum absolute atomic E-state index is 14.4. The minimum atomic E-state index is -1.77. The third kappa shape index (κ3) is 25.0. The van der Waals surface area contributed by atoms with Crippen molar-refractivity contribution >= 4 is 89.5 Å². The number of hydrogen-bond acceptors (Lipinski definition) is 18. The molecule has 1 aromatic heterocycles. The van der Waals surface area contributed by atoms with Crippen LogP contribution in [0.5, 0.6) is 5.75 Å². The molecule has 30 heteroatoms. The van der Waals surface area contributed by atoms with Gasteiger partial charge in [0.25, 0.3) is 0 Å². The van der Waals surface area contributed by atoms with Crippen LogP contribution in [-0.4, -0.2) is 181 Å². The number of nitrogens with one attached hydrogen (secondary N) is 9. The predicted molar refractivity (Wildman–Crippen MR) is 287 cm³/mol. The van der Waals surface area contributed by atoms with Crippen LogP contribution in [-0.2, 0) is 65.6 Å². The van der Waals surface area contributed by atoms with Crippen LogP contribution in [0.4, 0.5) is 0 Å². The maximum Gasteiger partial charge on any atom is 0.303 e. The second-order valence-electron chi connectivity index (χ2n) is 18.6. The number of aromatic amines is 1. The average molecular weight is 1140 g/mol. The number of aliphatic carboxylic acids is 2. The van der Waals surface area contributed by atoms with Gasteiger partial charge in [-0.2, -0.15) is 24.4 Å². The topological polar surface area (TPSA) is 472 Å². The summed E-state index contributed by atoms with van der Waals surface area (Å²) in [7, 11) is 0. The first kappa shape index (κ1) is 67.1. The molecule has 19 N–H and O–H groups in total. The number of primary amides is 1. The van der Waals surface area contributed by atoms with Gasteiger partial charge < -0.3 is 85.1 Å². The fourth-order valence-electron chi connectivity index (χ4n) is 7.43. The standard InChI is InChI=1S/C48H75N13O15S2/c1-25(2)18-34(46(74)54-30(6-4-5-16-49)42(70)60-36(22-62)40(51)68)58-47(75)35(19-26-7-9-28(63)10-8-26)59-44(72)32(12-14-39(66)67)55-43(71)31(11-13-38(64)65)56-45(73)33(15-17-78-3)57-48(76)37(23-77)61-41(69)29(50)20-27-21-52-24-53-27/h7-10,21,24-25,29-37,62-63,77H,4-6,11-20,22-23,49-50H2,1-3H3,(H2,51,68)(H,52,53)(H,54,74)(H,55,71)(H,56,73)(H,57,76)(H,58,75)(H,59,72)(H,60,70)(H,61,69)(H,64,65)(H,66,67)/t29-,30-,31-,32-,33-,34-,35-,36-,37-/m0/s1. The highest BCUT2D eigenvalue weighted by atomic mass is 32.2. The Morgan fingerprint density at radius 1 is 0.628 bits per heavy atom. The summed E-state index contributed by atoms with van der Waals surface area (Å²) < 4.78 is 0. The largest absolute Gasteiger partial charge is 0.508 e. The number of carboxylic acid groups (broad SMARTS) is 2. The van der Waals surface area contributed by atoms with E-state index in [0.717, 1.165) is 0 Å². The number of aromatic nitrogens is 2. The molecule has 1 heterocycles. The number of carbonyl (C=O) groups excluding carboxylic acids is 9. The van der Waals surface area contributed by atoms with Gasteiger partial charge in [0.1, 0.15) is 54.1 Å². The minimum Gasteiger partial charge on any atom is -0.508 e. The number of unbranched alkanes of at least 4 members (excludes halogenated alkanes) is 1. The zero-order chi connectivity index (χ0) is 58.5. The van der Waals surface area contributed by atoms with E-state index in [4.69, 9.17) is 17.2 Å². The van der Waals surface area contributed by atoms with E-state index in [9.17, 15) is 73.2 Å². The van der Waals surface area contributed by atoms with Gasteiger partial charge in [0, 0.05) is 43.3 Å². The van der Waals surface area contributed by atoms with Crippen molar-refractivity contribution in [1.82, 2.24) is 52.5 Å². The summed E-state index contributed by atoms with van der Waals surface area (Å²) in [6.07, 6.45) is 2.48. The van der Waals surface area contributed by atoms with Crippen LogP contribution in [0.1, 0.15) is 82.9 Å². The molecule has 0 saturated heterocycles. The summed E-state index contributed by atoms with van der Waals surface area (Å²) in [5, 5.41) is 58.6. The molecule has 9 atom stereocenters. The van der Waals surface area contributed by atoms with Gasteiger partial charge in [-0.25, -0.2) is 4.98 Å². The summed E-state index contributed by atoms with van der Waals surface area (Å²) in [6.45, 7) is 2.89. The number of thiol groups is 1. The molecular formula is C48H75N13O15S2. The van der Waals surface area contributed by atoms with Crippen molar-refractivity contribution in [2.24, 2.45) is 23.1 Å². The molecule has 9 amide bonds. The average Bonchev–Trinajstić information content (AvgIpc) is 3.90. The summed E-state index contributed by atoms with van der Waals surface area (Å²) in [5.41, 5.74) is 17.9. The number of nitrogens with zero attached hydrogens (tertiary/aromatic N) is 1. The first-order valence-electron chi connectivity index (χ1n) is 25.0. The van der Waals surface area contributed by atoms with E-state index in [1.165, 1.54) is 48.6 Å². The van der Waals surface area contributed by atoms with Crippen LogP contribution in [0.2, 0.25) is 0 Å². The van der Waals surface area contributed by atoms with Gasteiger partial charge >= 0.3 is 11.9 Å². The molecule has 0 saturated carbocycles. The van der Waals surface area contributed by atoms with E-state index in [1.54, 1.807) is 20.1 Å². The zero-order valence-electron chi connectivity index (χ0n) is 43.7. The molecule has 0 fully saturated rings. The number of hydrogen-bond donors (Lipinski definition) is 17. The first-order valence-corrected chi connectivity index (χ1v) is 27.0. The number of nitrogens with two attached hydrogens (primary N) is 3. The van der Waals surface area contributed by atoms with Crippen molar-refractivity contribution in [3.05, 3.63) is 48.0 Å². The van der Waals surface area contributed by atoms with Gasteiger partial charge in [-0.15, -0.1) is 0 Å². The normalized spacial score (nSPS) is 14.6. The third-order valence-electron chi connectivity index (χ3n) is 11.7. The molecule has 2 rings (SSSR count). The third-order valence-corrected chi connectivity index (χ3v) is 12.7. The van der Waals surface area contributed by atoms with Crippen LogP contribution >= 0.6 is 24.4 Å². The van der Waals surface area contributed by atoms with E-state index >= 15 is 0 Å². The lowest BCUT2D eigenvalue weighted by Gasteiger charge is -2.28. The molecule has 0 unspecified atom stereocenters. The van der Waals surface area contributed by atoms with Gasteiger partial charge in [0.15, 0.2) is 0 Å². The molecule has 0 bridgehead atoms. The number of aromatic hydroxyl groups is 1. The molecular weight excluding hydrogens is 1060 g/mol. The Hall–Kier alpha value is -7.02. The highest BCUT2D eigenvalue weighted by Gasteiger charge is 2.35. The molecule has 434 valence electrons. The van der Waals surface area contributed by atoms with Crippen LogP contribution in [0.25, 0.3) is 0 Å². The molecule has 0 aliphatic rings. The number of aliphatic hydroxyl groups excluding tert-OH is 1. The Morgan fingerprint density at radius 2 is 1.08 bits per heavy atom. The van der Waals surface area contributed by atoms with Gasteiger partial charge in [-0.1, -0.05) is 26.0 Å². The highest BCUT2D eigenvalue weighted by Crippen LogP contribution is 2.15. The van der Waals surface area contributed by atoms with E-state index < -0.39 is 152 Å². The number of phenolic OH excluding ortho intramolecular Hbond substituents is 1. The SMILES string of the molecule is CSCC[C@H](NC(=O)[C@H](CS)NC(=O)[C@@H](N)Cc1cnc[nH]1)C(=O)N[C@@H](CCC(=O)O)C(=O)N[C@@H](CCC(=O)O)C(=O)N[C@@H](Cc1ccc(O)cc1)C(=O)N[C@@H](CC(C)C)C(=O)N[C@@H](CCCCN)C(=O)N[C@@H](CO)C(N)=O. The fourth-order valence-corrected chi connectivity index (χ4v) is 8.16. The summed E-state index contributed by atoms with van der Waals surface area (Å²) in [4.78, 5) is 153. The van der Waals surface area contributed by atoms with Crippen LogP contribution in [0.15, 0.2) is 36.8 Å². The van der Waals surface area contributed by atoms with Crippen molar-refractivity contribution in [1.29, 1.82) is 0 Å². The van der Waals surface area contributed by atoms with Crippen molar-refractivity contribution < 1.29 is 73.2 Å². The summed E-state index contributed by atoms with van der Waals surface area (Å²) in [6, 6.07) is -7.57. The zero-order valence-corrected chi connectivity index (χ0v) is 45.4. The number of amides is 9. The van der Waals surface area contributed by atoms with Crippen molar-refractivity contribution in [2.75, 3.05) is 30.9 Å². The number of imidazole rings is 1. The van der Waals surface area contributed by atoms with Gasteiger partial charge in [0.05, 0.1) is 19.0 Å². The molecule has 0 aliphatic carbocycles. The quantitative estimate of drug-likeness (QED) is 0.0226. The number of carboxylic acids is 2. The Morgan fingerprint density at radius 3 is 1.53 bits per heavy atom. The molecule has 28 nitrogen and oxygen atoms in total. The Kier molecular flexibility index (Phi) is 30.5. The minimum absolute atomic E-state index is 0.0218. The highest BCUT2D eigenvalue weighted by molar-refractivity contribution is 7.98. The number of benzene rings is 1. The number of carbonyl (C=O) groups is 11. The number of rotatable bonds is 38. The van der Waals surface area contributed by atoms with Crippen molar-refractivity contribution in [3.63, 3.8) is 0 Å². The number of H-pyrrole nitrogens is 1. The summed E-state index contributed by atoms with van der Waals surface area (Å²) >= 11 is 5.48. The van der Waals surface area contributed by atoms with E-state index in [-0.39, 0.29) is 61.8 Å². The fraction of sp³-hybridized carbons (Fsp3) is 0.583. The Balaban J connectivity index is 2.48. The lowest BCUT2D eigenvalue weighted by atomic mass is 9.99. The molecule has 1 aromatic carbocycles. The van der Waals surface area contributed by atoms with Gasteiger partial charge in [-0.3, -0.25) is 52.7 Å². The smallest absolute Gasteiger partial charge is 0.303 e. The second kappa shape index (κ2) is 35.4. The van der Waals surface area contributed by atoms with E-state index in [0.29, 0.717) is 24.1 Å². The maximum atomic E-state index is 14.4. The lowest BCUT2D eigenvalue weighted by molar-refractivity contribution is -0.140. The number of phenols is 1. The monoisotopic (exact) mass is 1140 g/mol. The van der Waals surface area contributed by atoms with Crippen LogP contribution in [0, 0.1) is 5.92 Å². The lowest BCUT2D eigenvalue weighted by Crippen LogP contribution is -2.61. The van der Waals surface area contributed by atoms with Crippen molar-refractivity contribution in [2.45, 2.75) is 139 Å². The number of aliphatic hydroxyl groups is 1. The van der Waals surface area contributed by atoms with E-state index in [1.807, 2.05) is 0 Å². The van der Waals surface area contributed by atoms with Crippen LogP contribution in [0.3, 0.4) is 0 Å².